The van der Waals surface area contributed by atoms with Crippen molar-refractivity contribution in [2.45, 2.75) is 36.5 Å². The minimum atomic E-state index is -3.46. The molecule has 3 aromatic rings. The quantitative estimate of drug-likeness (QED) is 0.652. The molecule has 1 fully saturated rings. The fourth-order valence-corrected chi connectivity index (χ4v) is 5.47. The SMILES string of the molecule is CC(=O)N1CCC(S(=O)(=O)c2ccc(CNC(=O)c3cc4ccncc4o3)cc2)CC1. The molecule has 1 aliphatic heterocycles. The summed E-state index contributed by atoms with van der Waals surface area (Å²) in [5.74, 6) is -0.189. The van der Waals surface area contributed by atoms with Crippen molar-refractivity contribution in [1.82, 2.24) is 15.2 Å². The lowest BCUT2D eigenvalue weighted by molar-refractivity contribution is -0.129. The van der Waals surface area contributed by atoms with Crippen molar-refractivity contribution in [3.8, 4) is 0 Å². The van der Waals surface area contributed by atoms with Gasteiger partial charge in [0.15, 0.2) is 21.2 Å². The maximum Gasteiger partial charge on any atom is 0.287 e. The van der Waals surface area contributed by atoms with Crippen LogP contribution in [0.5, 0.6) is 0 Å². The summed E-state index contributed by atoms with van der Waals surface area (Å²) in [5.41, 5.74) is 1.31. The van der Waals surface area contributed by atoms with Crippen LogP contribution in [-0.4, -0.2) is 48.5 Å². The number of nitrogens with zero attached hydrogens (tertiary/aromatic N) is 2. The lowest BCUT2D eigenvalue weighted by Gasteiger charge is -2.31. The molecule has 0 radical (unpaired) electrons. The number of hydrogen-bond donors (Lipinski definition) is 1. The Labute approximate surface area is 180 Å². The number of likely N-dealkylation sites (tertiary alicyclic amines) is 1. The third-order valence-corrected chi connectivity index (χ3v) is 7.86. The van der Waals surface area contributed by atoms with E-state index >= 15 is 0 Å². The van der Waals surface area contributed by atoms with E-state index < -0.39 is 15.1 Å². The molecular weight excluding hydrogens is 418 g/mol. The zero-order valence-corrected chi connectivity index (χ0v) is 17.9. The van der Waals surface area contributed by atoms with E-state index in [-0.39, 0.29) is 29.0 Å². The summed E-state index contributed by atoms with van der Waals surface area (Å²) < 4.78 is 31.3. The van der Waals surface area contributed by atoms with E-state index in [0.29, 0.717) is 31.5 Å². The molecule has 0 atom stereocenters. The van der Waals surface area contributed by atoms with Crippen molar-refractivity contribution in [3.05, 3.63) is 60.1 Å². The summed E-state index contributed by atoms with van der Waals surface area (Å²) in [5, 5.41) is 3.08. The van der Waals surface area contributed by atoms with Crippen molar-refractivity contribution in [2.75, 3.05) is 13.1 Å². The molecule has 0 unspecified atom stereocenters. The minimum Gasteiger partial charge on any atom is -0.449 e. The number of fused-ring (bicyclic) bond motifs is 1. The average Bonchev–Trinajstić information content (AvgIpc) is 3.22. The normalized spacial score (nSPS) is 15.2. The van der Waals surface area contributed by atoms with E-state index in [1.165, 1.54) is 6.92 Å². The molecule has 2 aromatic heterocycles. The maximum absolute atomic E-state index is 12.9. The summed E-state index contributed by atoms with van der Waals surface area (Å²) in [6.45, 7) is 2.66. The molecule has 2 amide bonds. The molecule has 1 aliphatic rings. The molecule has 0 spiro atoms. The molecule has 0 bridgehead atoms. The monoisotopic (exact) mass is 441 g/mol. The third kappa shape index (κ3) is 4.46. The molecule has 9 heteroatoms. The van der Waals surface area contributed by atoms with Gasteiger partial charge in [0.05, 0.1) is 16.3 Å². The topological polar surface area (TPSA) is 110 Å². The van der Waals surface area contributed by atoms with Crippen molar-refractivity contribution >= 4 is 32.6 Å². The average molecular weight is 442 g/mol. The van der Waals surface area contributed by atoms with E-state index in [4.69, 9.17) is 4.42 Å². The Hall–Kier alpha value is -3.20. The number of aromatic nitrogens is 1. The highest BCUT2D eigenvalue weighted by atomic mass is 32.2. The van der Waals surface area contributed by atoms with Gasteiger partial charge < -0.3 is 14.6 Å². The standard InChI is InChI=1S/C22H23N3O5S/c1-15(26)25-10-7-19(8-11-25)31(28,29)18-4-2-16(3-5-18)13-24-22(27)20-12-17-6-9-23-14-21(17)30-20/h2-6,9,12,14,19H,7-8,10-11,13H2,1H3,(H,24,27). The largest absolute Gasteiger partial charge is 0.449 e. The number of nitrogens with one attached hydrogen (secondary N) is 1. The van der Waals surface area contributed by atoms with Gasteiger partial charge in [0, 0.05) is 38.1 Å². The third-order valence-electron chi connectivity index (χ3n) is 5.58. The van der Waals surface area contributed by atoms with E-state index in [0.717, 1.165) is 10.9 Å². The Bertz CT molecular complexity index is 1180. The number of carbonyl (C=O) groups excluding carboxylic acids is 2. The minimum absolute atomic E-state index is 0.0263. The first kappa shape index (κ1) is 21.0. The number of furan rings is 1. The number of rotatable bonds is 5. The zero-order chi connectivity index (χ0) is 22.0. The van der Waals surface area contributed by atoms with Crippen LogP contribution >= 0.6 is 0 Å². The molecular formula is C22H23N3O5S. The predicted octanol–water partition coefficient (Wildman–Crippen LogP) is 2.54. The summed E-state index contributed by atoms with van der Waals surface area (Å²) in [6, 6.07) is 9.95. The van der Waals surface area contributed by atoms with Gasteiger partial charge in [-0.25, -0.2) is 8.42 Å². The highest BCUT2D eigenvalue weighted by Crippen LogP contribution is 2.25. The molecule has 3 heterocycles. The van der Waals surface area contributed by atoms with E-state index in [1.54, 1.807) is 53.7 Å². The number of hydrogen-bond acceptors (Lipinski definition) is 6. The second-order valence-electron chi connectivity index (χ2n) is 7.60. The van der Waals surface area contributed by atoms with Gasteiger partial charge in [0.1, 0.15) is 0 Å². The van der Waals surface area contributed by atoms with Gasteiger partial charge in [-0.3, -0.25) is 14.6 Å². The first-order chi connectivity index (χ1) is 14.8. The van der Waals surface area contributed by atoms with Crippen LogP contribution in [0.1, 0.15) is 35.9 Å². The van der Waals surface area contributed by atoms with E-state index in [9.17, 15) is 18.0 Å². The zero-order valence-electron chi connectivity index (χ0n) is 17.1. The van der Waals surface area contributed by atoms with Gasteiger partial charge >= 0.3 is 0 Å². The first-order valence-electron chi connectivity index (χ1n) is 10.0. The number of piperidine rings is 1. The molecule has 0 saturated carbocycles. The Morgan fingerprint density at radius 3 is 2.52 bits per heavy atom. The van der Waals surface area contributed by atoms with Crippen LogP contribution in [0.4, 0.5) is 0 Å². The number of amides is 2. The smallest absolute Gasteiger partial charge is 0.287 e. The molecule has 4 rings (SSSR count). The van der Waals surface area contributed by atoms with Crippen molar-refractivity contribution in [3.63, 3.8) is 0 Å². The van der Waals surface area contributed by atoms with Gasteiger partial charge in [0.2, 0.25) is 5.91 Å². The molecule has 0 aliphatic carbocycles. The van der Waals surface area contributed by atoms with Crippen LogP contribution in [0.25, 0.3) is 11.0 Å². The lowest BCUT2D eigenvalue weighted by Crippen LogP contribution is -2.41. The number of pyridine rings is 1. The number of sulfone groups is 1. The van der Waals surface area contributed by atoms with Crippen molar-refractivity contribution < 1.29 is 22.4 Å². The van der Waals surface area contributed by atoms with Gasteiger partial charge in [-0.05, 0) is 42.7 Å². The Morgan fingerprint density at radius 1 is 1.16 bits per heavy atom. The summed E-state index contributed by atoms with van der Waals surface area (Å²) in [7, 11) is -3.46. The van der Waals surface area contributed by atoms with E-state index in [2.05, 4.69) is 10.3 Å². The van der Waals surface area contributed by atoms with Gasteiger partial charge in [-0.1, -0.05) is 12.1 Å². The Balaban J connectivity index is 1.37. The van der Waals surface area contributed by atoms with Crippen LogP contribution < -0.4 is 5.32 Å². The summed E-state index contributed by atoms with van der Waals surface area (Å²) in [6.07, 6.45) is 4.05. The van der Waals surface area contributed by atoms with Crippen LogP contribution in [0.15, 0.2) is 58.1 Å². The fourth-order valence-electron chi connectivity index (χ4n) is 3.74. The Kier molecular flexibility index (Phi) is 5.77. The maximum atomic E-state index is 12.9. The van der Waals surface area contributed by atoms with Gasteiger partial charge in [-0.2, -0.15) is 0 Å². The predicted molar refractivity (Wildman–Crippen MR) is 114 cm³/mol. The second-order valence-corrected chi connectivity index (χ2v) is 9.83. The number of benzene rings is 1. The molecule has 1 saturated heterocycles. The van der Waals surface area contributed by atoms with E-state index in [1.807, 2.05) is 0 Å². The summed E-state index contributed by atoms with van der Waals surface area (Å²) in [4.78, 5) is 29.7. The van der Waals surface area contributed by atoms with Gasteiger partial charge in [0.25, 0.3) is 5.91 Å². The summed E-state index contributed by atoms with van der Waals surface area (Å²) >= 11 is 0. The van der Waals surface area contributed by atoms with Crippen molar-refractivity contribution in [2.24, 2.45) is 0 Å². The molecule has 1 aromatic carbocycles. The van der Waals surface area contributed by atoms with Crippen LogP contribution in [0, 0.1) is 0 Å². The van der Waals surface area contributed by atoms with Crippen LogP contribution in [-0.2, 0) is 21.2 Å². The molecule has 162 valence electrons. The van der Waals surface area contributed by atoms with Crippen molar-refractivity contribution in [1.29, 1.82) is 0 Å². The van der Waals surface area contributed by atoms with Gasteiger partial charge in [-0.15, -0.1) is 0 Å². The second kappa shape index (κ2) is 8.50. The highest BCUT2D eigenvalue weighted by Gasteiger charge is 2.31. The van der Waals surface area contributed by atoms with Crippen LogP contribution in [0.3, 0.4) is 0 Å². The number of carbonyl (C=O) groups is 2. The Morgan fingerprint density at radius 2 is 1.87 bits per heavy atom. The van der Waals surface area contributed by atoms with Crippen LogP contribution in [0.2, 0.25) is 0 Å². The molecule has 1 N–H and O–H groups in total. The molecule has 31 heavy (non-hydrogen) atoms. The highest BCUT2D eigenvalue weighted by molar-refractivity contribution is 7.92. The lowest BCUT2D eigenvalue weighted by atomic mass is 10.1. The first-order valence-corrected chi connectivity index (χ1v) is 11.6. The molecule has 8 nitrogen and oxygen atoms in total. The fraction of sp³-hybridized carbons (Fsp3) is 0.318.